The van der Waals surface area contributed by atoms with Gasteiger partial charge >= 0.3 is 0 Å². The molecule has 2 N–H and O–H groups in total. The number of piperidine rings is 1. The van der Waals surface area contributed by atoms with Gasteiger partial charge in [-0.15, -0.1) is 0 Å². The Hall–Kier alpha value is -1.85. The normalized spacial score (nSPS) is 26.9. The average Bonchev–Trinajstić information content (AvgIpc) is 3.12. The first-order chi connectivity index (χ1) is 11.1. The van der Waals surface area contributed by atoms with Gasteiger partial charge in [-0.25, -0.2) is 0 Å². The Labute approximate surface area is 137 Å². The molecule has 23 heavy (non-hydrogen) atoms. The van der Waals surface area contributed by atoms with E-state index in [9.17, 15) is 9.59 Å². The summed E-state index contributed by atoms with van der Waals surface area (Å²) in [6, 6.07) is 1.52. The molecule has 1 saturated carbocycles. The van der Waals surface area contributed by atoms with E-state index >= 15 is 0 Å². The van der Waals surface area contributed by atoms with Crippen LogP contribution in [0, 0.1) is 11.8 Å². The second kappa shape index (κ2) is 6.72. The number of carbonyl (C=O) groups excluding carboxylic acids is 2. The van der Waals surface area contributed by atoms with E-state index in [-0.39, 0.29) is 23.8 Å². The molecule has 3 atom stereocenters. The molecule has 2 aliphatic rings. The van der Waals surface area contributed by atoms with Crippen LogP contribution in [0.25, 0.3) is 0 Å². The zero-order chi connectivity index (χ0) is 16.4. The topological polar surface area (TPSA) is 78.1 Å². The maximum atomic E-state index is 12.6. The van der Waals surface area contributed by atoms with E-state index in [0.29, 0.717) is 18.3 Å². The molecule has 0 bridgehead atoms. The van der Waals surface area contributed by atoms with Crippen molar-refractivity contribution in [3.63, 3.8) is 0 Å². The van der Waals surface area contributed by atoms with Crippen molar-refractivity contribution in [1.29, 1.82) is 0 Å². The van der Waals surface area contributed by atoms with Crippen LogP contribution >= 0.6 is 0 Å². The highest BCUT2D eigenvalue weighted by molar-refractivity contribution is 5.97. The summed E-state index contributed by atoms with van der Waals surface area (Å²) in [4.78, 5) is 27.0. The minimum atomic E-state index is -0.352. The summed E-state index contributed by atoms with van der Waals surface area (Å²) in [6.45, 7) is 4.89. The molecule has 6 heteroatoms. The molecule has 3 rings (SSSR count). The number of carbonyl (C=O) groups is 2. The fourth-order valence-electron chi connectivity index (χ4n) is 3.38. The second-order valence-electron chi connectivity index (χ2n) is 6.88. The van der Waals surface area contributed by atoms with E-state index in [0.717, 1.165) is 44.2 Å². The van der Waals surface area contributed by atoms with Crippen LogP contribution in [0.1, 0.15) is 51.6 Å². The molecule has 2 amide bonds. The van der Waals surface area contributed by atoms with Gasteiger partial charge < -0.3 is 10.2 Å². The van der Waals surface area contributed by atoms with Gasteiger partial charge in [0.15, 0.2) is 5.82 Å². The SMILES string of the molecule is CCCc1cc(NC(=O)[C@@H]2CCCCN2C(=O)[C@H]2C[C@@H]2C)n[nH]1. The number of H-pyrrole nitrogens is 1. The molecule has 1 aromatic heterocycles. The lowest BCUT2D eigenvalue weighted by atomic mass is 10.0. The lowest BCUT2D eigenvalue weighted by Crippen LogP contribution is -2.50. The summed E-state index contributed by atoms with van der Waals surface area (Å²) in [5.41, 5.74) is 1.02. The molecule has 0 unspecified atom stereocenters. The zero-order valence-corrected chi connectivity index (χ0v) is 14.0. The predicted molar refractivity (Wildman–Crippen MR) is 87.8 cm³/mol. The number of rotatable bonds is 5. The molecular formula is C17H26N4O2. The number of hydrogen-bond acceptors (Lipinski definition) is 3. The van der Waals surface area contributed by atoms with Crippen molar-refractivity contribution in [2.75, 3.05) is 11.9 Å². The van der Waals surface area contributed by atoms with E-state index in [1.54, 1.807) is 4.90 Å². The highest BCUT2D eigenvalue weighted by Gasteiger charge is 2.44. The third-order valence-electron chi connectivity index (χ3n) is 4.92. The van der Waals surface area contributed by atoms with E-state index in [2.05, 4.69) is 29.4 Å². The second-order valence-corrected chi connectivity index (χ2v) is 6.88. The van der Waals surface area contributed by atoms with Crippen LogP contribution in [-0.2, 0) is 16.0 Å². The van der Waals surface area contributed by atoms with Gasteiger partial charge in [-0.3, -0.25) is 14.7 Å². The number of nitrogens with zero attached hydrogens (tertiary/aromatic N) is 2. The van der Waals surface area contributed by atoms with E-state index in [1.165, 1.54) is 0 Å². The fourth-order valence-corrected chi connectivity index (χ4v) is 3.38. The summed E-state index contributed by atoms with van der Waals surface area (Å²) >= 11 is 0. The first-order valence-corrected chi connectivity index (χ1v) is 8.75. The van der Waals surface area contributed by atoms with Crippen molar-refractivity contribution in [2.45, 2.75) is 58.4 Å². The van der Waals surface area contributed by atoms with Crippen molar-refractivity contribution < 1.29 is 9.59 Å². The van der Waals surface area contributed by atoms with Crippen LogP contribution < -0.4 is 5.32 Å². The fraction of sp³-hybridized carbons (Fsp3) is 0.706. The molecule has 2 heterocycles. The van der Waals surface area contributed by atoms with Gasteiger partial charge in [-0.1, -0.05) is 20.3 Å². The summed E-state index contributed by atoms with van der Waals surface area (Å²) in [6.07, 6.45) is 5.62. The van der Waals surface area contributed by atoms with Crippen molar-refractivity contribution in [3.05, 3.63) is 11.8 Å². The first-order valence-electron chi connectivity index (χ1n) is 8.75. The maximum Gasteiger partial charge on any atom is 0.248 e. The van der Waals surface area contributed by atoms with Crippen LogP contribution in [0.4, 0.5) is 5.82 Å². The maximum absolute atomic E-state index is 12.6. The number of amides is 2. The minimum absolute atomic E-state index is 0.110. The largest absolute Gasteiger partial charge is 0.330 e. The Morgan fingerprint density at radius 3 is 2.91 bits per heavy atom. The van der Waals surface area contributed by atoms with E-state index in [4.69, 9.17) is 0 Å². The predicted octanol–water partition coefficient (Wildman–Crippen LogP) is 2.34. The van der Waals surface area contributed by atoms with Gasteiger partial charge in [0.25, 0.3) is 0 Å². The van der Waals surface area contributed by atoms with Gasteiger partial charge in [0, 0.05) is 24.2 Å². The molecule has 1 aliphatic carbocycles. The lowest BCUT2D eigenvalue weighted by molar-refractivity contribution is -0.141. The Morgan fingerprint density at radius 2 is 2.22 bits per heavy atom. The molecule has 0 radical (unpaired) electrons. The zero-order valence-electron chi connectivity index (χ0n) is 14.0. The number of anilines is 1. The first kappa shape index (κ1) is 16.0. The standard InChI is InChI=1S/C17H26N4O2/c1-3-6-12-10-15(20-19-12)18-16(22)14-7-4-5-8-21(14)17(23)13-9-11(13)2/h10-11,13-14H,3-9H2,1-2H3,(H2,18,19,20,22)/t11-,13-,14-/m0/s1. The van der Waals surface area contributed by atoms with Gasteiger partial charge in [0.2, 0.25) is 11.8 Å². The molecular weight excluding hydrogens is 292 g/mol. The highest BCUT2D eigenvalue weighted by Crippen LogP contribution is 2.40. The number of nitrogens with one attached hydrogen (secondary N) is 2. The molecule has 1 aliphatic heterocycles. The van der Waals surface area contributed by atoms with Gasteiger partial charge in [0.1, 0.15) is 6.04 Å². The summed E-state index contributed by atoms with van der Waals surface area (Å²) in [5.74, 6) is 1.20. The van der Waals surface area contributed by atoms with Gasteiger partial charge in [-0.2, -0.15) is 5.10 Å². The molecule has 2 fully saturated rings. The van der Waals surface area contributed by atoms with E-state index < -0.39 is 0 Å². The van der Waals surface area contributed by atoms with E-state index in [1.807, 2.05) is 6.07 Å². The summed E-state index contributed by atoms with van der Waals surface area (Å²) in [7, 11) is 0. The Morgan fingerprint density at radius 1 is 1.43 bits per heavy atom. The number of aryl methyl sites for hydroxylation is 1. The van der Waals surface area contributed by atoms with Crippen molar-refractivity contribution in [2.24, 2.45) is 11.8 Å². The van der Waals surface area contributed by atoms with Gasteiger partial charge in [0.05, 0.1) is 0 Å². The molecule has 6 nitrogen and oxygen atoms in total. The van der Waals surface area contributed by atoms with Crippen molar-refractivity contribution >= 4 is 17.6 Å². The number of aromatic nitrogens is 2. The van der Waals surface area contributed by atoms with Crippen LogP contribution in [0.2, 0.25) is 0 Å². The van der Waals surface area contributed by atoms with Crippen LogP contribution in [-0.4, -0.2) is 39.5 Å². The molecule has 0 spiro atoms. The lowest BCUT2D eigenvalue weighted by Gasteiger charge is -2.34. The highest BCUT2D eigenvalue weighted by atomic mass is 16.2. The van der Waals surface area contributed by atoms with Crippen LogP contribution in [0.15, 0.2) is 6.07 Å². The number of aromatic amines is 1. The van der Waals surface area contributed by atoms with Gasteiger partial charge in [-0.05, 0) is 38.0 Å². The average molecular weight is 318 g/mol. The third-order valence-corrected chi connectivity index (χ3v) is 4.92. The Kier molecular flexibility index (Phi) is 4.68. The number of likely N-dealkylation sites (tertiary alicyclic amines) is 1. The molecule has 1 aromatic rings. The van der Waals surface area contributed by atoms with Crippen LogP contribution in [0.5, 0.6) is 0 Å². The minimum Gasteiger partial charge on any atom is -0.330 e. The monoisotopic (exact) mass is 318 g/mol. The van der Waals surface area contributed by atoms with Crippen molar-refractivity contribution in [1.82, 2.24) is 15.1 Å². The molecule has 0 aromatic carbocycles. The third kappa shape index (κ3) is 3.57. The smallest absolute Gasteiger partial charge is 0.248 e. The van der Waals surface area contributed by atoms with Crippen molar-refractivity contribution in [3.8, 4) is 0 Å². The number of hydrogen-bond donors (Lipinski definition) is 2. The Bertz CT molecular complexity index is 583. The van der Waals surface area contributed by atoms with Crippen LogP contribution in [0.3, 0.4) is 0 Å². The quantitative estimate of drug-likeness (QED) is 0.874. The summed E-state index contributed by atoms with van der Waals surface area (Å²) in [5, 5.41) is 9.95. The summed E-state index contributed by atoms with van der Waals surface area (Å²) < 4.78 is 0. The molecule has 1 saturated heterocycles. The Balaban J connectivity index is 1.64. The molecule has 126 valence electrons.